The molecule has 1 N–H and O–H groups in total. The van der Waals surface area contributed by atoms with E-state index in [0.29, 0.717) is 18.1 Å². The highest BCUT2D eigenvalue weighted by Gasteiger charge is 2.49. The Morgan fingerprint density at radius 2 is 2.21 bits per heavy atom. The van der Waals surface area contributed by atoms with Crippen LogP contribution in [0.25, 0.3) is 11.3 Å². The Kier molecular flexibility index (Phi) is 5.62. The topological polar surface area (TPSA) is 84.7 Å². The summed E-state index contributed by atoms with van der Waals surface area (Å²) in [6, 6.07) is 9.00. The van der Waals surface area contributed by atoms with Crippen LogP contribution in [-0.2, 0) is 4.79 Å². The third-order valence-electron chi connectivity index (χ3n) is 5.61. The highest BCUT2D eigenvalue weighted by atomic mass is 32.2. The van der Waals surface area contributed by atoms with Crippen LogP contribution in [0.5, 0.6) is 5.75 Å². The highest BCUT2D eigenvalue weighted by Crippen LogP contribution is 2.38. The van der Waals surface area contributed by atoms with E-state index in [1.54, 1.807) is 24.7 Å². The van der Waals surface area contributed by atoms with E-state index in [9.17, 15) is 9.59 Å². The fraction of sp³-hybridized carbons (Fsp3) is 0.381. The molecule has 1 aliphatic heterocycles. The van der Waals surface area contributed by atoms with Gasteiger partial charge >= 0.3 is 0 Å². The van der Waals surface area contributed by atoms with Gasteiger partial charge in [0.25, 0.3) is 5.91 Å². The minimum atomic E-state index is -0.279. The molecule has 2 fully saturated rings. The average molecular weight is 413 g/mol. The molecule has 1 saturated heterocycles. The molecule has 0 radical (unpaired) electrons. The zero-order valence-electron chi connectivity index (χ0n) is 16.3. The van der Waals surface area contributed by atoms with Crippen LogP contribution in [0.3, 0.4) is 0 Å². The van der Waals surface area contributed by atoms with Crippen molar-refractivity contribution < 1.29 is 18.8 Å². The molecule has 7 nitrogen and oxygen atoms in total. The monoisotopic (exact) mass is 413 g/mol. The fourth-order valence-corrected chi connectivity index (χ4v) is 4.46. The number of rotatable bonds is 6. The van der Waals surface area contributed by atoms with Crippen LogP contribution in [-0.4, -0.2) is 53.9 Å². The molecule has 29 heavy (non-hydrogen) atoms. The second-order valence-electron chi connectivity index (χ2n) is 7.24. The van der Waals surface area contributed by atoms with E-state index in [1.807, 2.05) is 35.4 Å². The number of thioether (sulfide) groups is 1. The number of carbonyl (C=O) groups is 2. The lowest BCUT2D eigenvalue weighted by Crippen LogP contribution is -2.45. The molecule has 1 aromatic heterocycles. The van der Waals surface area contributed by atoms with E-state index in [0.717, 1.165) is 18.4 Å². The van der Waals surface area contributed by atoms with Crippen molar-refractivity contribution in [1.82, 2.24) is 15.4 Å². The second-order valence-corrected chi connectivity index (χ2v) is 7.99. The smallest absolute Gasteiger partial charge is 0.273 e. The van der Waals surface area contributed by atoms with Crippen LogP contribution < -0.4 is 10.1 Å². The number of amides is 2. The SMILES string of the molecule is COc1cccc(-c2cc(C(=O)N[C@@H]3[C@@H]4CC[C@H]3N(C(=O)/C=C/SC)C4)no2)c1. The number of nitrogens with one attached hydrogen (secondary N) is 1. The number of nitrogens with zero attached hydrogens (tertiary/aromatic N) is 2. The van der Waals surface area contributed by atoms with Gasteiger partial charge in [-0.2, -0.15) is 0 Å². The Balaban J connectivity index is 1.44. The molecular formula is C21H23N3O4S. The zero-order chi connectivity index (χ0) is 20.4. The first kappa shape index (κ1) is 19.6. The normalized spacial score (nSPS) is 23.0. The van der Waals surface area contributed by atoms with Crippen LogP contribution in [0, 0.1) is 5.92 Å². The van der Waals surface area contributed by atoms with Gasteiger partial charge in [0.15, 0.2) is 11.5 Å². The van der Waals surface area contributed by atoms with E-state index in [2.05, 4.69) is 10.5 Å². The lowest BCUT2D eigenvalue weighted by Gasteiger charge is -2.26. The summed E-state index contributed by atoms with van der Waals surface area (Å²) in [5.41, 5.74) is 1.02. The molecule has 0 spiro atoms. The largest absolute Gasteiger partial charge is 0.497 e. The molecule has 2 aromatic rings. The molecule has 2 amide bonds. The second kappa shape index (κ2) is 8.32. The summed E-state index contributed by atoms with van der Waals surface area (Å²) >= 11 is 1.50. The predicted octanol–water partition coefficient (Wildman–Crippen LogP) is 2.95. The van der Waals surface area contributed by atoms with Crippen molar-refractivity contribution in [3.05, 3.63) is 47.5 Å². The van der Waals surface area contributed by atoms with E-state index in [1.165, 1.54) is 11.8 Å². The molecule has 2 aliphatic rings. The summed E-state index contributed by atoms with van der Waals surface area (Å²) in [6.45, 7) is 0.682. The molecule has 8 heteroatoms. The Labute approximate surface area is 173 Å². The predicted molar refractivity (Wildman–Crippen MR) is 111 cm³/mol. The molecule has 1 aromatic carbocycles. The Hall–Kier alpha value is -2.74. The van der Waals surface area contributed by atoms with Crippen molar-refractivity contribution >= 4 is 23.6 Å². The van der Waals surface area contributed by atoms with Gasteiger partial charge in [-0.3, -0.25) is 9.59 Å². The quantitative estimate of drug-likeness (QED) is 0.733. The lowest BCUT2D eigenvalue weighted by atomic mass is 10.1. The molecule has 4 rings (SSSR count). The van der Waals surface area contributed by atoms with Crippen molar-refractivity contribution in [2.75, 3.05) is 19.9 Å². The van der Waals surface area contributed by atoms with Gasteiger partial charge in [0, 0.05) is 24.3 Å². The van der Waals surface area contributed by atoms with E-state index >= 15 is 0 Å². The highest BCUT2D eigenvalue weighted by molar-refractivity contribution is 8.01. The number of fused-ring (bicyclic) bond motifs is 2. The van der Waals surface area contributed by atoms with Crippen LogP contribution in [0.4, 0.5) is 0 Å². The van der Waals surface area contributed by atoms with Gasteiger partial charge < -0.3 is 19.5 Å². The van der Waals surface area contributed by atoms with Crippen LogP contribution in [0.15, 0.2) is 46.3 Å². The standard InChI is InChI=1S/C21H23N3O4S/c1-27-15-5-3-4-13(10-15)18-11-16(23-28-18)21(26)22-20-14-6-7-17(20)24(12-14)19(25)8-9-29-2/h3-5,8-11,14,17,20H,6-7,12H2,1-2H3,(H,22,26)/b9-8+/t14-,17-,20-/m1/s1. The fourth-order valence-electron chi connectivity index (χ4n) is 4.21. The maximum atomic E-state index is 12.8. The van der Waals surface area contributed by atoms with Gasteiger partial charge in [-0.05, 0) is 42.6 Å². The molecule has 0 unspecified atom stereocenters. The molecule has 1 aliphatic carbocycles. The number of benzene rings is 1. The summed E-state index contributed by atoms with van der Waals surface area (Å²) in [7, 11) is 1.60. The van der Waals surface area contributed by atoms with Gasteiger partial charge in [0.2, 0.25) is 5.91 Å². The van der Waals surface area contributed by atoms with Crippen molar-refractivity contribution in [3.8, 4) is 17.1 Å². The molecule has 152 valence electrons. The van der Waals surface area contributed by atoms with Crippen LogP contribution >= 0.6 is 11.8 Å². The summed E-state index contributed by atoms with van der Waals surface area (Å²) in [5.74, 6) is 1.21. The first-order valence-corrected chi connectivity index (χ1v) is 10.8. The van der Waals surface area contributed by atoms with Gasteiger partial charge in [0.05, 0.1) is 19.2 Å². The van der Waals surface area contributed by atoms with Gasteiger partial charge in [-0.25, -0.2) is 0 Å². The van der Waals surface area contributed by atoms with Crippen molar-refractivity contribution in [2.24, 2.45) is 5.92 Å². The third-order valence-corrected chi connectivity index (χ3v) is 6.02. The van der Waals surface area contributed by atoms with Crippen molar-refractivity contribution in [2.45, 2.75) is 24.9 Å². The molecule has 3 atom stereocenters. The molecular weight excluding hydrogens is 390 g/mol. The van der Waals surface area contributed by atoms with Crippen molar-refractivity contribution in [1.29, 1.82) is 0 Å². The number of piperidine rings is 1. The summed E-state index contributed by atoms with van der Waals surface area (Å²) < 4.78 is 10.6. The summed E-state index contributed by atoms with van der Waals surface area (Å²) in [5, 5.41) is 8.80. The number of hydrogen-bond donors (Lipinski definition) is 1. The van der Waals surface area contributed by atoms with Crippen LogP contribution in [0.2, 0.25) is 0 Å². The third kappa shape index (κ3) is 3.89. The molecule has 1 saturated carbocycles. The first-order valence-electron chi connectivity index (χ1n) is 9.52. The number of methoxy groups -OCH3 is 1. The zero-order valence-corrected chi connectivity index (χ0v) is 17.1. The summed E-state index contributed by atoms with van der Waals surface area (Å²) in [6.07, 6.45) is 5.44. The number of aromatic nitrogens is 1. The average Bonchev–Trinajstić information content (AvgIpc) is 3.47. The first-order chi connectivity index (χ1) is 14.1. The van der Waals surface area contributed by atoms with Gasteiger partial charge in [-0.1, -0.05) is 17.3 Å². The Morgan fingerprint density at radius 3 is 3.00 bits per heavy atom. The van der Waals surface area contributed by atoms with Crippen LogP contribution in [0.1, 0.15) is 23.3 Å². The van der Waals surface area contributed by atoms with Crippen molar-refractivity contribution in [3.63, 3.8) is 0 Å². The Morgan fingerprint density at radius 1 is 1.34 bits per heavy atom. The number of ether oxygens (including phenoxy) is 1. The maximum Gasteiger partial charge on any atom is 0.273 e. The van der Waals surface area contributed by atoms with E-state index in [4.69, 9.17) is 9.26 Å². The van der Waals surface area contributed by atoms with Gasteiger partial charge in [-0.15, -0.1) is 11.8 Å². The van der Waals surface area contributed by atoms with Gasteiger partial charge in [0.1, 0.15) is 5.75 Å². The Bertz CT molecular complexity index is 942. The number of hydrogen-bond acceptors (Lipinski definition) is 6. The van der Waals surface area contributed by atoms with E-state index < -0.39 is 0 Å². The number of carbonyl (C=O) groups excluding carboxylic acids is 2. The molecule has 2 heterocycles. The summed E-state index contributed by atoms with van der Waals surface area (Å²) in [4.78, 5) is 27.0. The minimum Gasteiger partial charge on any atom is -0.497 e. The van der Waals surface area contributed by atoms with E-state index in [-0.39, 0.29) is 35.5 Å². The lowest BCUT2D eigenvalue weighted by molar-refractivity contribution is -0.127. The maximum absolute atomic E-state index is 12.8. The number of likely N-dealkylation sites (tertiary alicyclic amines) is 1. The minimum absolute atomic E-state index is 0.00699. The molecule has 2 bridgehead atoms.